The van der Waals surface area contributed by atoms with Crippen LogP contribution in [0.1, 0.15) is 34.7 Å². The molecule has 0 atom stereocenters. The lowest BCUT2D eigenvalue weighted by molar-refractivity contribution is 1.16. The molecule has 9 aromatic rings. The van der Waals surface area contributed by atoms with Gasteiger partial charge in [0.05, 0.1) is 26.5 Å². The number of fused-ring (bicyclic) bond motifs is 6. The molecule has 0 fully saturated rings. The summed E-state index contributed by atoms with van der Waals surface area (Å²) >= 11 is 3.71. The van der Waals surface area contributed by atoms with Crippen LogP contribution in [-0.4, -0.2) is 0 Å². The van der Waals surface area contributed by atoms with E-state index in [0.717, 1.165) is 33.8 Å². The zero-order valence-corrected chi connectivity index (χ0v) is 34.7. The van der Waals surface area contributed by atoms with E-state index in [-0.39, 0.29) is 0 Å². The monoisotopic (exact) mass is 772 g/mol. The Kier molecular flexibility index (Phi) is 9.40. The van der Waals surface area contributed by atoms with E-state index in [0.29, 0.717) is 0 Å². The second kappa shape index (κ2) is 14.7. The molecule has 0 bridgehead atoms. The Hall–Kier alpha value is -6.20. The number of aryl methyl sites for hydroxylation is 4. The average molecular weight is 773 g/mol. The van der Waals surface area contributed by atoms with Gasteiger partial charge < -0.3 is 9.80 Å². The van der Waals surface area contributed by atoms with Crippen molar-refractivity contribution in [2.45, 2.75) is 34.6 Å². The minimum Gasteiger partial charge on any atom is -0.309 e. The molecule has 0 saturated carbocycles. The smallest absolute Gasteiger partial charge is 0.0640 e. The maximum atomic E-state index is 4.76. The molecule has 7 aromatic carbocycles. The maximum Gasteiger partial charge on any atom is 0.0640 e. The molecular formula is C53H44N2S2. The first-order valence-corrected chi connectivity index (χ1v) is 21.0. The molecule has 0 saturated heterocycles. The van der Waals surface area contributed by atoms with Crippen molar-refractivity contribution in [3.05, 3.63) is 204 Å². The highest BCUT2D eigenvalue weighted by Crippen LogP contribution is 2.48. The molecule has 0 radical (unpaired) electrons. The van der Waals surface area contributed by atoms with Crippen molar-refractivity contribution in [2.75, 3.05) is 9.80 Å². The minimum absolute atomic E-state index is 0.919. The SMILES string of the molecule is C=C(/C=C(/C)C(=C)N(c1ccccc1C)c1cccc2c1sc1ccccc12)c1cc(C)c(N(c2ccccc2C)c2cccc3c2sc2ccccc23)c(C)c1. The van der Waals surface area contributed by atoms with Crippen molar-refractivity contribution in [2.24, 2.45) is 0 Å². The van der Waals surface area contributed by atoms with Gasteiger partial charge in [-0.2, -0.15) is 0 Å². The van der Waals surface area contributed by atoms with Crippen molar-refractivity contribution in [3.63, 3.8) is 0 Å². The average Bonchev–Trinajstić information content (AvgIpc) is 3.80. The molecule has 4 heteroatoms. The number of benzene rings is 7. The van der Waals surface area contributed by atoms with Crippen molar-refractivity contribution in [3.8, 4) is 0 Å². The Morgan fingerprint density at radius 2 is 0.947 bits per heavy atom. The molecule has 0 aliphatic carbocycles. The van der Waals surface area contributed by atoms with Gasteiger partial charge in [0.2, 0.25) is 0 Å². The second-order valence-electron chi connectivity index (χ2n) is 15.0. The summed E-state index contributed by atoms with van der Waals surface area (Å²) in [5.41, 5.74) is 14.6. The van der Waals surface area contributed by atoms with Crippen LogP contribution >= 0.6 is 22.7 Å². The summed E-state index contributed by atoms with van der Waals surface area (Å²) < 4.78 is 5.12. The molecule has 0 aliphatic rings. The first-order valence-electron chi connectivity index (χ1n) is 19.4. The zero-order valence-electron chi connectivity index (χ0n) is 33.1. The van der Waals surface area contributed by atoms with E-state index in [1.807, 2.05) is 22.7 Å². The third-order valence-corrected chi connectivity index (χ3v) is 13.6. The highest BCUT2D eigenvalue weighted by Gasteiger charge is 2.24. The zero-order chi connectivity index (χ0) is 39.4. The summed E-state index contributed by atoms with van der Waals surface area (Å²) in [7, 11) is 0. The van der Waals surface area contributed by atoms with Gasteiger partial charge in [0.15, 0.2) is 0 Å². The number of para-hydroxylation sites is 2. The largest absolute Gasteiger partial charge is 0.309 e. The van der Waals surface area contributed by atoms with E-state index >= 15 is 0 Å². The summed E-state index contributed by atoms with van der Waals surface area (Å²) in [5, 5.41) is 5.14. The fourth-order valence-corrected chi connectivity index (χ4v) is 10.7. The number of anilines is 5. The molecule has 0 amide bonds. The van der Waals surface area contributed by atoms with Gasteiger partial charge in [-0.25, -0.2) is 0 Å². The van der Waals surface area contributed by atoms with Gasteiger partial charge in [-0.05, 0) is 128 Å². The van der Waals surface area contributed by atoms with E-state index < -0.39 is 0 Å². The standard InChI is InChI=1S/C53H44N2S2/c1-33-18-8-12-24-45(33)54(47-26-16-22-43-41-20-10-14-28-49(41)56-52(43)47)39(7)35(3)30-36(4)40-31-37(5)51(38(6)32-40)55(46-25-13-9-19-34(46)2)48-27-17-23-44-42-21-11-15-29-50(42)57-53(44)48/h8-32H,4,7H2,1-3,5-6H3/b35-30-. The van der Waals surface area contributed by atoms with Gasteiger partial charge in [-0.15, -0.1) is 22.7 Å². The van der Waals surface area contributed by atoms with Crippen molar-refractivity contribution < 1.29 is 0 Å². The molecular weight excluding hydrogens is 729 g/mol. The second-order valence-corrected chi connectivity index (χ2v) is 17.1. The van der Waals surface area contributed by atoms with Crippen LogP contribution in [0.2, 0.25) is 0 Å². The van der Waals surface area contributed by atoms with Crippen LogP contribution < -0.4 is 9.80 Å². The first kappa shape index (κ1) is 36.4. The molecule has 2 nitrogen and oxygen atoms in total. The molecule has 9 rings (SSSR count). The third kappa shape index (κ3) is 6.36. The van der Waals surface area contributed by atoms with E-state index in [4.69, 9.17) is 6.58 Å². The lowest BCUT2D eigenvalue weighted by Gasteiger charge is -2.31. The molecule has 0 unspecified atom stereocenters. The molecule has 2 heterocycles. The lowest BCUT2D eigenvalue weighted by Crippen LogP contribution is -2.17. The lowest BCUT2D eigenvalue weighted by atomic mass is 9.96. The van der Waals surface area contributed by atoms with E-state index in [9.17, 15) is 0 Å². The van der Waals surface area contributed by atoms with E-state index in [1.54, 1.807) is 0 Å². The van der Waals surface area contributed by atoms with Crippen LogP contribution in [0.5, 0.6) is 0 Å². The van der Waals surface area contributed by atoms with Crippen LogP contribution in [-0.2, 0) is 0 Å². The van der Waals surface area contributed by atoms with Gasteiger partial charge in [-0.1, -0.05) is 110 Å². The highest BCUT2D eigenvalue weighted by molar-refractivity contribution is 7.26. The van der Waals surface area contributed by atoms with Gasteiger partial charge in [0.25, 0.3) is 0 Å². The minimum atomic E-state index is 0.919. The Morgan fingerprint density at radius 1 is 0.491 bits per heavy atom. The Morgan fingerprint density at radius 3 is 1.53 bits per heavy atom. The van der Waals surface area contributed by atoms with Crippen molar-refractivity contribution >= 4 is 97.0 Å². The summed E-state index contributed by atoms with van der Waals surface area (Å²) in [6.45, 7) is 20.4. The maximum absolute atomic E-state index is 4.76. The van der Waals surface area contributed by atoms with Crippen molar-refractivity contribution in [1.29, 1.82) is 0 Å². The summed E-state index contributed by atoms with van der Waals surface area (Å²) in [6, 6.07) is 52.7. The molecule has 278 valence electrons. The topological polar surface area (TPSA) is 6.48 Å². The first-order chi connectivity index (χ1) is 27.7. The van der Waals surface area contributed by atoms with E-state index in [2.05, 4.69) is 203 Å². The summed E-state index contributed by atoms with van der Waals surface area (Å²) in [4.78, 5) is 4.81. The van der Waals surface area contributed by atoms with Gasteiger partial charge in [0, 0.05) is 48.0 Å². The molecule has 0 aliphatic heterocycles. The van der Waals surface area contributed by atoms with Crippen LogP contribution in [0, 0.1) is 27.7 Å². The van der Waals surface area contributed by atoms with Gasteiger partial charge in [0.1, 0.15) is 0 Å². The van der Waals surface area contributed by atoms with E-state index in [1.165, 1.54) is 79.7 Å². The molecule has 57 heavy (non-hydrogen) atoms. The Balaban J connectivity index is 1.12. The number of rotatable bonds is 9. The number of nitrogens with zero attached hydrogens (tertiary/aromatic N) is 2. The fraction of sp³-hybridized carbons (Fsp3) is 0.0943. The molecule has 0 N–H and O–H groups in total. The third-order valence-electron chi connectivity index (χ3n) is 11.2. The summed E-state index contributed by atoms with van der Waals surface area (Å²) in [6.07, 6.45) is 2.20. The number of hydrogen-bond donors (Lipinski definition) is 0. The van der Waals surface area contributed by atoms with Crippen LogP contribution in [0.25, 0.3) is 45.9 Å². The summed E-state index contributed by atoms with van der Waals surface area (Å²) in [5.74, 6) is 0. The predicted octanol–water partition coefficient (Wildman–Crippen LogP) is 16.4. The van der Waals surface area contributed by atoms with Crippen LogP contribution in [0.3, 0.4) is 0 Å². The van der Waals surface area contributed by atoms with Crippen LogP contribution in [0.15, 0.2) is 176 Å². The normalized spacial score (nSPS) is 11.8. The molecule has 2 aromatic heterocycles. The number of allylic oxidation sites excluding steroid dienone is 3. The van der Waals surface area contributed by atoms with Crippen LogP contribution in [0.4, 0.5) is 28.4 Å². The molecule has 0 spiro atoms. The Bertz CT molecular complexity index is 3060. The van der Waals surface area contributed by atoms with Gasteiger partial charge >= 0.3 is 0 Å². The van der Waals surface area contributed by atoms with Crippen molar-refractivity contribution in [1.82, 2.24) is 0 Å². The number of hydrogen-bond acceptors (Lipinski definition) is 4. The van der Waals surface area contributed by atoms with Gasteiger partial charge in [-0.3, -0.25) is 0 Å². The Labute approximate surface area is 343 Å². The predicted molar refractivity (Wildman–Crippen MR) is 253 cm³/mol. The highest BCUT2D eigenvalue weighted by atomic mass is 32.1. The quantitative estimate of drug-likeness (QED) is 0.135. The number of thiophene rings is 2. The fourth-order valence-electron chi connectivity index (χ4n) is 8.33.